The van der Waals surface area contributed by atoms with Gasteiger partial charge in [0.1, 0.15) is 18.1 Å². The fourth-order valence-corrected chi connectivity index (χ4v) is 2.39. The van der Waals surface area contributed by atoms with Gasteiger partial charge in [0.15, 0.2) is 0 Å². The van der Waals surface area contributed by atoms with E-state index in [0.29, 0.717) is 22.3 Å². The molecule has 0 aliphatic carbocycles. The van der Waals surface area contributed by atoms with Gasteiger partial charge in [0.05, 0.1) is 5.52 Å². The molecule has 0 unspecified atom stereocenters. The third-order valence-corrected chi connectivity index (χ3v) is 3.63. The number of alkyl halides is 3. The van der Waals surface area contributed by atoms with Crippen LogP contribution in [0.3, 0.4) is 0 Å². The number of carbonyl (C=O) groups is 1. The van der Waals surface area contributed by atoms with Crippen LogP contribution in [0.15, 0.2) is 54.6 Å². The maximum atomic E-state index is 13.0. The normalized spacial score (nSPS) is 11.5. The van der Waals surface area contributed by atoms with E-state index in [4.69, 9.17) is 10.5 Å². The quantitative estimate of drug-likeness (QED) is 0.778. The first-order chi connectivity index (χ1) is 11.8. The Morgan fingerprint density at radius 3 is 2.40 bits per heavy atom. The number of para-hydroxylation sites is 1. The standard InChI is InChI=1S/C18H13F3N2O2/c19-18(20,21)16-9-12(14-3-1-2-4-15(14)23-16)10-25-13-7-5-11(6-8-13)17(22)24/h1-9H,10H2,(H2,22,24). The van der Waals surface area contributed by atoms with Crippen molar-refractivity contribution in [2.45, 2.75) is 12.8 Å². The van der Waals surface area contributed by atoms with Crippen molar-refractivity contribution in [3.8, 4) is 5.75 Å². The lowest BCUT2D eigenvalue weighted by atomic mass is 10.1. The van der Waals surface area contributed by atoms with Crippen molar-refractivity contribution >= 4 is 16.8 Å². The molecule has 3 aromatic rings. The van der Waals surface area contributed by atoms with Crippen LogP contribution >= 0.6 is 0 Å². The van der Waals surface area contributed by atoms with Crippen LogP contribution < -0.4 is 10.5 Å². The number of benzene rings is 2. The fourth-order valence-electron chi connectivity index (χ4n) is 2.39. The zero-order valence-corrected chi connectivity index (χ0v) is 12.9. The van der Waals surface area contributed by atoms with Gasteiger partial charge in [0.2, 0.25) is 5.91 Å². The Balaban J connectivity index is 1.91. The van der Waals surface area contributed by atoms with E-state index in [1.807, 2.05) is 0 Å². The highest BCUT2D eigenvalue weighted by molar-refractivity contribution is 5.92. The molecule has 0 fully saturated rings. The van der Waals surface area contributed by atoms with Gasteiger partial charge >= 0.3 is 6.18 Å². The van der Waals surface area contributed by atoms with Gasteiger partial charge in [-0.25, -0.2) is 4.98 Å². The Morgan fingerprint density at radius 2 is 1.76 bits per heavy atom. The molecule has 0 bridgehead atoms. The number of carbonyl (C=O) groups excluding carboxylic acids is 1. The minimum Gasteiger partial charge on any atom is -0.489 e. The average Bonchev–Trinajstić information content (AvgIpc) is 2.59. The van der Waals surface area contributed by atoms with Crippen LogP contribution in [0, 0.1) is 0 Å². The highest BCUT2D eigenvalue weighted by Gasteiger charge is 2.33. The van der Waals surface area contributed by atoms with Crippen LogP contribution in [0.5, 0.6) is 5.75 Å². The molecule has 0 aliphatic heterocycles. The second-order valence-electron chi connectivity index (χ2n) is 5.36. The summed E-state index contributed by atoms with van der Waals surface area (Å²) in [6, 6.07) is 13.6. The number of fused-ring (bicyclic) bond motifs is 1. The molecule has 0 atom stereocenters. The summed E-state index contributed by atoms with van der Waals surface area (Å²) >= 11 is 0. The van der Waals surface area contributed by atoms with E-state index in [9.17, 15) is 18.0 Å². The van der Waals surface area contributed by atoms with Crippen molar-refractivity contribution in [3.63, 3.8) is 0 Å². The molecule has 2 N–H and O–H groups in total. The lowest BCUT2D eigenvalue weighted by molar-refractivity contribution is -0.141. The second kappa shape index (κ2) is 6.43. The molecule has 1 heterocycles. The van der Waals surface area contributed by atoms with Gasteiger partial charge < -0.3 is 10.5 Å². The van der Waals surface area contributed by atoms with Crippen molar-refractivity contribution in [2.75, 3.05) is 0 Å². The molecule has 1 amide bonds. The molecule has 25 heavy (non-hydrogen) atoms. The van der Waals surface area contributed by atoms with Gasteiger partial charge in [-0.1, -0.05) is 18.2 Å². The number of aromatic nitrogens is 1. The highest BCUT2D eigenvalue weighted by atomic mass is 19.4. The van der Waals surface area contributed by atoms with Gasteiger partial charge in [-0.15, -0.1) is 0 Å². The third kappa shape index (κ3) is 3.71. The largest absolute Gasteiger partial charge is 0.489 e. The van der Waals surface area contributed by atoms with E-state index in [1.165, 1.54) is 30.3 Å². The summed E-state index contributed by atoms with van der Waals surface area (Å²) in [4.78, 5) is 14.7. The van der Waals surface area contributed by atoms with Gasteiger partial charge in [-0.05, 0) is 36.4 Å². The Kier molecular flexibility index (Phi) is 4.31. The monoisotopic (exact) mass is 346 g/mol. The summed E-state index contributed by atoms with van der Waals surface area (Å²) in [5, 5.41) is 0.587. The number of halogens is 3. The van der Waals surface area contributed by atoms with Gasteiger partial charge in [-0.3, -0.25) is 4.79 Å². The number of primary amides is 1. The number of nitrogens with two attached hydrogens (primary N) is 1. The molecule has 0 spiro atoms. The first-order valence-corrected chi connectivity index (χ1v) is 7.33. The van der Waals surface area contributed by atoms with Crippen molar-refractivity contribution in [1.82, 2.24) is 4.98 Å². The number of nitrogens with zero attached hydrogens (tertiary/aromatic N) is 1. The molecule has 4 nitrogen and oxygen atoms in total. The van der Waals surface area contributed by atoms with E-state index in [0.717, 1.165) is 6.07 Å². The number of hydrogen-bond acceptors (Lipinski definition) is 3. The second-order valence-corrected chi connectivity index (χ2v) is 5.36. The summed E-state index contributed by atoms with van der Waals surface area (Å²) in [5.41, 5.74) is 5.13. The summed E-state index contributed by atoms with van der Waals surface area (Å²) < 4.78 is 44.7. The van der Waals surface area contributed by atoms with Crippen molar-refractivity contribution in [3.05, 3.63) is 71.4 Å². The van der Waals surface area contributed by atoms with Crippen LogP contribution in [-0.2, 0) is 12.8 Å². The number of rotatable bonds is 4. The van der Waals surface area contributed by atoms with Crippen molar-refractivity contribution in [2.24, 2.45) is 5.73 Å². The maximum Gasteiger partial charge on any atom is 0.433 e. The SMILES string of the molecule is NC(=O)c1ccc(OCc2cc(C(F)(F)F)nc3ccccc23)cc1. The number of amides is 1. The Bertz CT molecular complexity index is 922. The molecule has 7 heteroatoms. The Labute approximate surface area is 141 Å². The average molecular weight is 346 g/mol. The maximum absolute atomic E-state index is 13.0. The molecule has 0 radical (unpaired) electrons. The lowest BCUT2D eigenvalue weighted by Crippen LogP contribution is -2.11. The molecule has 0 aliphatic rings. The fraction of sp³-hybridized carbons (Fsp3) is 0.111. The molecule has 1 aromatic heterocycles. The van der Waals surface area contributed by atoms with Crippen LogP contribution in [0.25, 0.3) is 10.9 Å². The van der Waals surface area contributed by atoms with Crippen LogP contribution in [0.2, 0.25) is 0 Å². The van der Waals surface area contributed by atoms with E-state index < -0.39 is 17.8 Å². The van der Waals surface area contributed by atoms with E-state index in [2.05, 4.69) is 4.98 Å². The molecule has 0 saturated heterocycles. The predicted molar refractivity (Wildman–Crippen MR) is 86.0 cm³/mol. The summed E-state index contributed by atoms with van der Waals surface area (Å²) in [6.07, 6.45) is -4.54. The zero-order valence-electron chi connectivity index (χ0n) is 12.9. The van der Waals surface area contributed by atoms with E-state index >= 15 is 0 Å². The predicted octanol–water partition coefficient (Wildman–Crippen LogP) is 3.93. The Morgan fingerprint density at radius 1 is 1.08 bits per heavy atom. The first kappa shape index (κ1) is 16.8. The number of ether oxygens (including phenoxy) is 1. The number of hydrogen-bond donors (Lipinski definition) is 1. The lowest BCUT2D eigenvalue weighted by Gasteiger charge is -2.13. The molecular weight excluding hydrogens is 333 g/mol. The summed E-state index contributed by atoms with van der Waals surface area (Å²) in [5.74, 6) is -0.152. The topological polar surface area (TPSA) is 65.2 Å². The van der Waals surface area contributed by atoms with Crippen molar-refractivity contribution in [1.29, 1.82) is 0 Å². The van der Waals surface area contributed by atoms with Crippen LogP contribution in [-0.4, -0.2) is 10.9 Å². The minimum atomic E-state index is -4.54. The molecule has 2 aromatic carbocycles. The molecule has 0 saturated carbocycles. The molecule has 3 rings (SSSR count). The summed E-state index contributed by atoms with van der Waals surface area (Å²) in [6.45, 7) is -0.0674. The number of pyridine rings is 1. The molecular formula is C18H13F3N2O2. The van der Waals surface area contributed by atoms with Crippen LogP contribution in [0.1, 0.15) is 21.6 Å². The van der Waals surface area contributed by atoms with Crippen LogP contribution in [0.4, 0.5) is 13.2 Å². The van der Waals surface area contributed by atoms with Gasteiger partial charge in [-0.2, -0.15) is 13.2 Å². The highest BCUT2D eigenvalue weighted by Crippen LogP contribution is 2.31. The first-order valence-electron chi connectivity index (χ1n) is 7.33. The van der Waals surface area contributed by atoms with Crippen molar-refractivity contribution < 1.29 is 22.7 Å². The van der Waals surface area contributed by atoms with Gasteiger partial charge in [0, 0.05) is 16.5 Å². The van der Waals surface area contributed by atoms with Gasteiger partial charge in [0.25, 0.3) is 0 Å². The molecule has 128 valence electrons. The third-order valence-electron chi connectivity index (χ3n) is 3.63. The zero-order chi connectivity index (χ0) is 18.0. The van der Waals surface area contributed by atoms with E-state index in [1.54, 1.807) is 18.2 Å². The minimum absolute atomic E-state index is 0.0674. The van der Waals surface area contributed by atoms with E-state index in [-0.39, 0.29) is 12.1 Å². The summed E-state index contributed by atoms with van der Waals surface area (Å²) in [7, 11) is 0. The smallest absolute Gasteiger partial charge is 0.433 e. The Hall–Kier alpha value is -3.09.